The third-order valence-corrected chi connectivity index (χ3v) is 8.32. The molecule has 3 fully saturated rings. The summed E-state index contributed by atoms with van der Waals surface area (Å²) >= 11 is 0. The quantitative estimate of drug-likeness (QED) is 0.482. The van der Waals surface area contributed by atoms with Crippen LogP contribution in [0.5, 0.6) is 0 Å². The second-order valence-corrected chi connectivity index (χ2v) is 10.2. The van der Waals surface area contributed by atoms with Gasteiger partial charge in [0.15, 0.2) is 17.0 Å². The molecule has 1 amide bonds. The van der Waals surface area contributed by atoms with E-state index in [-0.39, 0.29) is 23.5 Å². The van der Waals surface area contributed by atoms with Crippen molar-refractivity contribution in [2.24, 2.45) is 40.4 Å². The van der Waals surface area contributed by atoms with Crippen molar-refractivity contribution in [3.05, 3.63) is 24.3 Å². The van der Waals surface area contributed by atoms with Crippen molar-refractivity contribution in [1.82, 2.24) is 5.32 Å². The maximum atomic E-state index is 14.2. The summed E-state index contributed by atoms with van der Waals surface area (Å²) in [6.45, 7) is 7.22. The average Bonchev–Trinajstić information content (AvgIpc) is 3.05. The highest BCUT2D eigenvalue weighted by Gasteiger charge is 2.76. The van der Waals surface area contributed by atoms with Crippen LogP contribution in [0.15, 0.2) is 24.3 Å². The van der Waals surface area contributed by atoms with Crippen LogP contribution in [-0.4, -0.2) is 45.9 Å². The van der Waals surface area contributed by atoms with Crippen LogP contribution in [0.25, 0.3) is 0 Å². The first-order chi connectivity index (χ1) is 14.1. The van der Waals surface area contributed by atoms with Gasteiger partial charge in [0.05, 0.1) is 12.2 Å². The highest BCUT2D eigenvalue weighted by atomic mass is 16.3. The zero-order valence-electron chi connectivity index (χ0n) is 18.2. The highest BCUT2D eigenvalue weighted by Crippen LogP contribution is 2.65. The van der Waals surface area contributed by atoms with Crippen molar-refractivity contribution in [3.63, 3.8) is 0 Å². The molecule has 4 rings (SSSR count). The Morgan fingerprint density at radius 3 is 2.47 bits per heavy atom. The number of rotatable bonds is 3. The van der Waals surface area contributed by atoms with Gasteiger partial charge in [-0.05, 0) is 50.4 Å². The number of aliphatic hydroxyl groups excluding tert-OH is 2. The van der Waals surface area contributed by atoms with E-state index in [2.05, 4.69) is 18.3 Å². The van der Waals surface area contributed by atoms with E-state index in [0.29, 0.717) is 5.92 Å². The van der Waals surface area contributed by atoms with Crippen LogP contribution in [0.4, 0.5) is 0 Å². The zero-order valence-corrected chi connectivity index (χ0v) is 18.2. The van der Waals surface area contributed by atoms with Crippen molar-refractivity contribution in [3.8, 4) is 0 Å². The van der Waals surface area contributed by atoms with E-state index in [1.165, 1.54) is 6.92 Å². The number of aliphatic hydroxyl groups is 2. The van der Waals surface area contributed by atoms with Gasteiger partial charge in [-0.2, -0.15) is 0 Å². The van der Waals surface area contributed by atoms with E-state index in [9.17, 15) is 24.6 Å². The molecule has 1 saturated heterocycles. The predicted molar refractivity (Wildman–Crippen MR) is 111 cm³/mol. The van der Waals surface area contributed by atoms with Gasteiger partial charge in [0, 0.05) is 11.3 Å². The summed E-state index contributed by atoms with van der Waals surface area (Å²) in [4.78, 5) is 41.0. The molecule has 1 aliphatic heterocycles. The number of Topliss-reactive ketones (excluding diaryl/α,β-unsaturated/α-hetero) is 2. The topological polar surface area (TPSA) is 104 Å². The number of hydrogen-bond donors (Lipinski definition) is 3. The zero-order chi connectivity index (χ0) is 22.0. The molecule has 3 N–H and O–H groups in total. The molecule has 6 heteroatoms. The second-order valence-electron chi connectivity index (χ2n) is 10.2. The first-order valence-electron chi connectivity index (χ1n) is 11.2. The summed E-state index contributed by atoms with van der Waals surface area (Å²) in [5.74, 6) is -1.46. The van der Waals surface area contributed by atoms with Gasteiger partial charge < -0.3 is 15.5 Å². The van der Waals surface area contributed by atoms with Crippen LogP contribution >= 0.6 is 0 Å². The molecule has 1 heterocycles. The molecule has 0 aromatic carbocycles. The van der Waals surface area contributed by atoms with Crippen LogP contribution in [-0.2, 0) is 14.4 Å². The smallest absolute Gasteiger partial charge is 0.242 e. The molecule has 10 atom stereocenters. The van der Waals surface area contributed by atoms with Gasteiger partial charge in [0.2, 0.25) is 5.91 Å². The summed E-state index contributed by atoms with van der Waals surface area (Å²) in [6.07, 6.45) is 8.58. The minimum Gasteiger partial charge on any atom is -0.391 e. The Kier molecular flexibility index (Phi) is 5.09. The van der Waals surface area contributed by atoms with Crippen LogP contribution < -0.4 is 5.32 Å². The fourth-order valence-corrected chi connectivity index (χ4v) is 6.84. The SMILES string of the molecule is CC(O)C=CC1C2C=CC3CC(C)CCC3C2(C)C(=O)C12C(=O)NC(C(C)O)C2=O. The van der Waals surface area contributed by atoms with Crippen molar-refractivity contribution in [2.75, 3.05) is 0 Å². The minimum absolute atomic E-state index is 0.0872. The average molecular weight is 416 g/mol. The van der Waals surface area contributed by atoms with E-state index in [4.69, 9.17) is 0 Å². The van der Waals surface area contributed by atoms with E-state index in [0.717, 1.165) is 19.3 Å². The van der Waals surface area contributed by atoms with Crippen molar-refractivity contribution < 1.29 is 24.6 Å². The lowest BCUT2D eigenvalue weighted by Crippen LogP contribution is -2.50. The Bertz CT molecular complexity index is 829. The molecule has 30 heavy (non-hydrogen) atoms. The summed E-state index contributed by atoms with van der Waals surface area (Å²) in [6, 6.07) is -1.08. The largest absolute Gasteiger partial charge is 0.391 e. The third kappa shape index (κ3) is 2.65. The van der Waals surface area contributed by atoms with Crippen LogP contribution in [0.1, 0.15) is 47.0 Å². The molecule has 6 nitrogen and oxygen atoms in total. The first kappa shape index (κ1) is 21.4. The normalized spacial score (nSPS) is 47.5. The van der Waals surface area contributed by atoms with E-state index < -0.39 is 46.7 Å². The summed E-state index contributed by atoms with van der Waals surface area (Å²) in [7, 11) is 0. The molecule has 164 valence electrons. The predicted octanol–water partition coefficient (Wildman–Crippen LogP) is 1.80. The molecular formula is C24H33NO5. The fraction of sp³-hybridized carbons (Fsp3) is 0.708. The van der Waals surface area contributed by atoms with Gasteiger partial charge in [-0.15, -0.1) is 0 Å². The molecule has 0 aromatic rings. The third-order valence-electron chi connectivity index (χ3n) is 8.32. The molecule has 0 aromatic heterocycles. The Labute approximate surface area is 177 Å². The van der Waals surface area contributed by atoms with E-state index in [1.807, 2.05) is 13.0 Å². The van der Waals surface area contributed by atoms with E-state index >= 15 is 0 Å². The van der Waals surface area contributed by atoms with Crippen molar-refractivity contribution in [2.45, 2.75) is 65.2 Å². The Morgan fingerprint density at radius 2 is 1.87 bits per heavy atom. The van der Waals surface area contributed by atoms with Crippen LogP contribution in [0, 0.1) is 40.4 Å². The molecule has 1 spiro atoms. The molecule has 2 saturated carbocycles. The van der Waals surface area contributed by atoms with Gasteiger partial charge in [-0.3, -0.25) is 14.4 Å². The lowest BCUT2D eigenvalue weighted by atomic mass is 9.55. The lowest BCUT2D eigenvalue weighted by molar-refractivity contribution is -0.149. The molecule has 10 unspecified atom stereocenters. The van der Waals surface area contributed by atoms with Gasteiger partial charge in [-0.25, -0.2) is 0 Å². The molecule has 0 bridgehead atoms. The van der Waals surface area contributed by atoms with Gasteiger partial charge in [0.25, 0.3) is 0 Å². The van der Waals surface area contributed by atoms with Crippen molar-refractivity contribution >= 4 is 17.5 Å². The number of amides is 1. The number of carbonyl (C=O) groups excluding carboxylic acids is 3. The van der Waals surface area contributed by atoms with Crippen LogP contribution in [0.2, 0.25) is 0 Å². The molecule has 4 aliphatic rings. The monoisotopic (exact) mass is 415 g/mol. The number of nitrogens with one attached hydrogen (secondary N) is 1. The summed E-state index contributed by atoms with van der Waals surface area (Å²) in [5, 5.41) is 22.5. The minimum atomic E-state index is -1.84. The Morgan fingerprint density at radius 1 is 1.17 bits per heavy atom. The van der Waals surface area contributed by atoms with Gasteiger partial charge in [-0.1, -0.05) is 44.6 Å². The number of ketones is 2. The van der Waals surface area contributed by atoms with Crippen molar-refractivity contribution in [1.29, 1.82) is 0 Å². The number of carbonyl (C=O) groups is 3. The lowest BCUT2D eigenvalue weighted by Gasteiger charge is -2.48. The Balaban J connectivity index is 1.88. The van der Waals surface area contributed by atoms with E-state index in [1.54, 1.807) is 19.1 Å². The molecular weight excluding hydrogens is 382 g/mol. The number of hydrogen-bond acceptors (Lipinski definition) is 5. The standard InChI is InChI=1S/C24H33NO5/c1-12-5-8-16-15(11-12)7-10-17-18(9-6-13(2)26)24(21(29)23(16,17)4)20(28)19(14(3)27)25-22(24)30/h6-7,9-10,12-19,26-27H,5,8,11H2,1-4H3,(H,25,30). The van der Waals surface area contributed by atoms with Crippen LogP contribution in [0.3, 0.4) is 0 Å². The maximum absolute atomic E-state index is 14.2. The second kappa shape index (κ2) is 7.13. The fourth-order valence-electron chi connectivity index (χ4n) is 6.84. The van der Waals surface area contributed by atoms with Gasteiger partial charge >= 0.3 is 0 Å². The molecule has 3 aliphatic carbocycles. The first-order valence-corrected chi connectivity index (χ1v) is 11.2. The highest BCUT2D eigenvalue weighted by molar-refractivity contribution is 6.32. The maximum Gasteiger partial charge on any atom is 0.242 e. The number of allylic oxidation sites excluding steroid dienone is 3. The van der Waals surface area contributed by atoms with Gasteiger partial charge in [0.1, 0.15) is 6.04 Å². The molecule has 0 radical (unpaired) electrons. The number of fused-ring (bicyclic) bond motifs is 3. The summed E-state index contributed by atoms with van der Waals surface area (Å²) in [5.41, 5.74) is -2.66. The summed E-state index contributed by atoms with van der Waals surface area (Å²) < 4.78 is 0. The Hall–Kier alpha value is -1.79.